The van der Waals surface area contributed by atoms with Crippen molar-refractivity contribution >= 4 is 0 Å². The molecule has 0 amide bonds. The normalized spacial score (nSPS) is 27.6. The molecule has 0 aromatic heterocycles. The van der Waals surface area contributed by atoms with Crippen LogP contribution in [0.25, 0.3) is 0 Å². The van der Waals surface area contributed by atoms with Gasteiger partial charge in [-0.1, -0.05) is 6.08 Å². The number of nitrogens with zero attached hydrogens (tertiary/aromatic N) is 1. The topological polar surface area (TPSA) is 55.2 Å². The molecule has 0 saturated heterocycles. The van der Waals surface area contributed by atoms with Gasteiger partial charge in [-0.2, -0.15) is 0 Å². The summed E-state index contributed by atoms with van der Waals surface area (Å²) in [5.74, 6) is 0.792. The van der Waals surface area contributed by atoms with Crippen molar-refractivity contribution in [3.8, 4) is 0 Å². The summed E-state index contributed by atoms with van der Waals surface area (Å²) >= 11 is 0. The van der Waals surface area contributed by atoms with Gasteiger partial charge >= 0.3 is 5.82 Å². The summed E-state index contributed by atoms with van der Waals surface area (Å²) in [6, 6.07) is 0. The van der Waals surface area contributed by atoms with Crippen molar-refractivity contribution in [3.63, 3.8) is 0 Å². The molecule has 4 heteroatoms. The molecule has 4 nitrogen and oxygen atoms in total. The first-order chi connectivity index (χ1) is 7.75. The Morgan fingerprint density at radius 3 is 3.12 bits per heavy atom. The Hall–Kier alpha value is -1.58. The van der Waals surface area contributed by atoms with Crippen LogP contribution in [-0.2, 0) is 0 Å². The van der Waals surface area contributed by atoms with Gasteiger partial charge in [0.15, 0.2) is 0 Å². The van der Waals surface area contributed by atoms with E-state index in [1.54, 1.807) is 6.08 Å². The van der Waals surface area contributed by atoms with Gasteiger partial charge in [0.05, 0.1) is 0 Å². The summed E-state index contributed by atoms with van der Waals surface area (Å²) < 4.78 is 0. The van der Waals surface area contributed by atoms with Crippen LogP contribution in [0, 0.1) is 16.0 Å². The van der Waals surface area contributed by atoms with Crippen molar-refractivity contribution in [2.45, 2.75) is 25.7 Å². The highest BCUT2D eigenvalue weighted by molar-refractivity contribution is 5.50. The van der Waals surface area contributed by atoms with Crippen LogP contribution in [0.3, 0.4) is 0 Å². The van der Waals surface area contributed by atoms with E-state index in [9.17, 15) is 10.1 Å². The molecule has 1 unspecified atom stereocenters. The van der Waals surface area contributed by atoms with Crippen LogP contribution in [-0.4, -0.2) is 11.5 Å². The number of nitrogens with one attached hydrogen (secondary N) is 1. The second-order valence-corrected chi connectivity index (χ2v) is 4.63. The molecule has 1 N–H and O–H groups in total. The number of nitro groups is 1. The fourth-order valence-electron chi connectivity index (χ4n) is 3.03. The highest BCUT2D eigenvalue weighted by atomic mass is 16.6. The Kier molecular flexibility index (Phi) is 2.09. The average molecular weight is 218 g/mol. The number of hydrogen-bond donors (Lipinski definition) is 1. The zero-order valence-electron chi connectivity index (χ0n) is 9.03. The highest BCUT2D eigenvalue weighted by Gasteiger charge is 2.32. The fraction of sp³-hybridized carbons (Fsp3) is 0.500. The van der Waals surface area contributed by atoms with Crippen LogP contribution in [0.2, 0.25) is 0 Å². The van der Waals surface area contributed by atoms with E-state index in [1.807, 2.05) is 0 Å². The van der Waals surface area contributed by atoms with Crippen LogP contribution in [0.1, 0.15) is 25.7 Å². The molecule has 16 heavy (non-hydrogen) atoms. The smallest absolute Gasteiger partial charge is 0.317 e. The predicted octanol–water partition coefficient (Wildman–Crippen LogP) is 2.13. The molecule has 2 aliphatic carbocycles. The third kappa shape index (κ3) is 1.37. The van der Waals surface area contributed by atoms with E-state index in [2.05, 4.69) is 11.4 Å². The number of hydrogen-bond acceptors (Lipinski definition) is 3. The minimum atomic E-state index is -0.327. The number of rotatable bonds is 1. The third-order valence-electron chi connectivity index (χ3n) is 3.75. The lowest BCUT2D eigenvalue weighted by molar-refractivity contribution is -0.431. The van der Waals surface area contributed by atoms with E-state index in [1.165, 1.54) is 24.0 Å². The van der Waals surface area contributed by atoms with Crippen LogP contribution < -0.4 is 5.32 Å². The molecule has 1 heterocycles. The second-order valence-electron chi connectivity index (χ2n) is 4.63. The molecule has 0 saturated carbocycles. The van der Waals surface area contributed by atoms with Gasteiger partial charge in [-0.15, -0.1) is 0 Å². The van der Waals surface area contributed by atoms with E-state index in [-0.39, 0.29) is 10.7 Å². The molecular weight excluding hydrogens is 204 g/mol. The molecule has 0 bridgehead atoms. The van der Waals surface area contributed by atoms with E-state index >= 15 is 0 Å². The molecule has 1 atom stereocenters. The molecule has 3 aliphatic rings. The first kappa shape index (κ1) is 9.63. The van der Waals surface area contributed by atoms with Crippen molar-refractivity contribution in [3.05, 3.63) is 44.8 Å². The number of allylic oxidation sites excluding steroid dienone is 4. The minimum absolute atomic E-state index is 0.140. The second kappa shape index (κ2) is 3.47. The predicted molar refractivity (Wildman–Crippen MR) is 60.1 cm³/mol. The molecule has 0 spiro atoms. The van der Waals surface area contributed by atoms with Gasteiger partial charge in [-0.25, -0.2) is 0 Å². The molecule has 0 fully saturated rings. The molecule has 0 aromatic carbocycles. The Balaban J connectivity index is 2.05. The lowest BCUT2D eigenvalue weighted by Gasteiger charge is -2.20. The standard InChI is InChI=1S/C12H14N2O2/c15-14(16)11-6-9-3-1-2-8-4-5-10(7-13-11)12(8)9/h3,6,8,13H,1-2,4-5,7H2. The summed E-state index contributed by atoms with van der Waals surface area (Å²) in [6.45, 7) is 0.649. The summed E-state index contributed by atoms with van der Waals surface area (Å²) in [5.41, 5.74) is 3.88. The fourth-order valence-corrected chi connectivity index (χ4v) is 3.03. The van der Waals surface area contributed by atoms with Gasteiger partial charge < -0.3 is 10.1 Å². The SMILES string of the molecule is O=[N+]([O-])C1=CC2=CCCC3CCC(=C23)CN1. The van der Waals surface area contributed by atoms with Crippen molar-refractivity contribution < 1.29 is 4.92 Å². The van der Waals surface area contributed by atoms with Crippen LogP contribution in [0.15, 0.2) is 34.7 Å². The lowest BCUT2D eigenvalue weighted by atomic mass is 9.84. The largest absolute Gasteiger partial charge is 0.358 e. The molecule has 3 rings (SSSR count). The maximum atomic E-state index is 10.8. The van der Waals surface area contributed by atoms with E-state index in [0.717, 1.165) is 18.4 Å². The summed E-state index contributed by atoms with van der Waals surface area (Å²) in [5, 5.41) is 13.7. The molecule has 1 aliphatic heterocycles. The van der Waals surface area contributed by atoms with Gasteiger partial charge in [0, 0.05) is 6.08 Å². The summed E-state index contributed by atoms with van der Waals surface area (Å²) in [6.07, 6.45) is 8.45. The zero-order valence-corrected chi connectivity index (χ0v) is 9.03. The first-order valence-electron chi connectivity index (χ1n) is 5.78. The van der Waals surface area contributed by atoms with Crippen molar-refractivity contribution in [1.82, 2.24) is 5.32 Å². The molecule has 84 valence electrons. The molecular formula is C12H14N2O2. The summed E-state index contributed by atoms with van der Waals surface area (Å²) in [7, 11) is 0. The van der Waals surface area contributed by atoms with Gasteiger partial charge in [-0.3, -0.25) is 5.32 Å². The van der Waals surface area contributed by atoms with E-state index in [4.69, 9.17) is 0 Å². The van der Waals surface area contributed by atoms with Crippen molar-refractivity contribution in [2.24, 2.45) is 5.92 Å². The highest BCUT2D eigenvalue weighted by Crippen LogP contribution is 2.43. The third-order valence-corrected chi connectivity index (χ3v) is 3.75. The van der Waals surface area contributed by atoms with Gasteiger partial charge in [0.2, 0.25) is 0 Å². The Labute approximate surface area is 93.9 Å². The molecule has 0 aromatic rings. The van der Waals surface area contributed by atoms with E-state index < -0.39 is 0 Å². The van der Waals surface area contributed by atoms with Crippen molar-refractivity contribution in [1.29, 1.82) is 0 Å². The average Bonchev–Trinajstić information content (AvgIpc) is 2.57. The monoisotopic (exact) mass is 218 g/mol. The van der Waals surface area contributed by atoms with Gasteiger partial charge in [0.1, 0.15) is 6.54 Å². The zero-order chi connectivity index (χ0) is 11.1. The Morgan fingerprint density at radius 2 is 2.31 bits per heavy atom. The summed E-state index contributed by atoms with van der Waals surface area (Å²) in [4.78, 5) is 10.5. The van der Waals surface area contributed by atoms with Gasteiger partial charge in [-0.05, 0) is 53.2 Å². The lowest BCUT2D eigenvalue weighted by Crippen LogP contribution is -2.20. The van der Waals surface area contributed by atoms with Crippen LogP contribution >= 0.6 is 0 Å². The maximum Gasteiger partial charge on any atom is 0.317 e. The molecule has 0 radical (unpaired) electrons. The van der Waals surface area contributed by atoms with Gasteiger partial charge in [0.25, 0.3) is 0 Å². The van der Waals surface area contributed by atoms with Crippen molar-refractivity contribution in [2.75, 3.05) is 6.54 Å². The Morgan fingerprint density at radius 1 is 1.44 bits per heavy atom. The Bertz CT molecular complexity index is 446. The van der Waals surface area contributed by atoms with E-state index in [0.29, 0.717) is 12.5 Å². The first-order valence-corrected chi connectivity index (χ1v) is 5.78. The minimum Gasteiger partial charge on any atom is -0.358 e. The van der Waals surface area contributed by atoms with Crippen LogP contribution in [0.4, 0.5) is 0 Å². The quantitative estimate of drug-likeness (QED) is 0.542. The van der Waals surface area contributed by atoms with Crippen LogP contribution in [0.5, 0.6) is 0 Å². The maximum absolute atomic E-state index is 10.8.